The van der Waals surface area contributed by atoms with Gasteiger partial charge in [0.1, 0.15) is 22.8 Å². The molecule has 5 heteroatoms. The normalized spacial score (nSPS) is 10.4. The Labute approximate surface area is 126 Å². The van der Waals surface area contributed by atoms with Gasteiger partial charge in [0.05, 0.1) is 25.9 Å². The third kappa shape index (κ3) is 4.85. The molecular weight excluding hydrogens is 272 g/mol. The molecule has 1 aromatic carbocycles. The number of benzene rings is 1. The molecule has 0 heterocycles. The Morgan fingerprint density at radius 2 is 1.43 bits per heavy atom. The minimum Gasteiger partial charge on any atom is -0.494 e. The van der Waals surface area contributed by atoms with E-state index in [1.54, 1.807) is 26.0 Å². The van der Waals surface area contributed by atoms with Gasteiger partial charge in [-0.2, -0.15) is 0 Å². The molecule has 0 radical (unpaired) electrons. The van der Waals surface area contributed by atoms with Gasteiger partial charge in [0.25, 0.3) is 0 Å². The Balaban J connectivity index is 3.30. The monoisotopic (exact) mass is 296 g/mol. The number of rotatable bonds is 8. The maximum atomic E-state index is 12.3. The molecule has 0 N–H and O–H groups in total. The molecule has 0 aliphatic carbocycles. The summed E-state index contributed by atoms with van der Waals surface area (Å²) < 4.78 is 21.9. The molecule has 0 atom stereocenters. The lowest BCUT2D eigenvalue weighted by molar-refractivity contribution is 0.0369. The third-order valence-corrected chi connectivity index (χ3v) is 2.50. The molecule has 0 aromatic heterocycles. The molecule has 0 spiro atoms. The minimum absolute atomic E-state index is 0.215. The highest BCUT2D eigenvalue weighted by molar-refractivity contribution is 5.96. The van der Waals surface area contributed by atoms with Gasteiger partial charge in [0, 0.05) is 12.1 Å². The lowest BCUT2D eigenvalue weighted by atomic mass is 10.1. The second-order valence-electron chi connectivity index (χ2n) is 4.55. The zero-order valence-corrected chi connectivity index (χ0v) is 13.4. The van der Waals surface area contributed by atoms with E-state index >= 15 is 0 Å². The van der Waals surface area contributed by atoms with Crippen LogP contribution < -0.4 is 14.2 Å². The van der Waals surface area contributed by atoms with Crippen molar-refractivity contribution in [3.8, 4) is 17.2 Å². The summed E-state index contributed by atoms with van der Waals surface area (Å²) in [4.78, 5) is 12.3. The van der Waals surface area contributed by atoms with E-state index in [0.717, 1.165) is 0 Å². The molecule has 5 nitrogen and oxygen atoms in total. The van der Waals surface area contributed by atoms with Gasteiger partial charge in [-0.3, -0.25) is 0 Å². The second-order valence-corrected chi connectivity index (χ2v) is 4.55. The summed E-state index contributed by atoms with van der Waals surface area (Å²) in [6, 6.07) is 3.37. The number of hydrogen-bond donors (Lipinski definition) is 0. The predicted octanol–water partition coefficient (Wildman–Crippen LogP) is 3.45. The molecule has 1 aromatic rings. The third-order valence-electron chi connectivity index (χ3n) is 2.50. The lowest BCUT2D eigenvalue weighted by Crippen LogP contribution is -2.15. The smallest absolute Gasteiger partial charge is 0.346 e. The summed E-state index contributed by atoms with van der Waals surface area (Å²) in [7, 11) is 0. The van der Waals surface area contributed by atoms with Gasteiger partial charge >= 0.3 is 5.97 Å². The molecule has 0 saturated heterocycles. The zero-order valence-electron chi connectivity index (χ0n) is 13.4. The Morgan fingerprint density at radius 1 is 0.952 bits per heavy atom. The summed E-state index contributed by atoms with van der Waals surface area (Å²) in [5, 5.41) is 0. The lowest BCUT2D eigenvalue weighted by Gasteiger charge is -2.17. The van der Waals surface area contributed by atoms with Gasteiger partial charge in [-0.1, -0.05) is 0 Å². The fraction of sp³-hybridized carbons (Fsp3) is 0.562. The van der Waals surface area contributed by atoms with Crippen molar-refractivity contribution in [2.45, 2.75) is 40.7 Å². The van der Waals surface area contributed by atoms with Gasteiger partial charge in [-0.25, -0.2) is 4.79 Å². The molecule has 21 heavy (non-hydrogen) atoms. The first-order chi connectivity index (χ1) is 10.0. The number of ether oxygens (including phenoxy) is 4. The Bertz CT molecular complexity index is 441. The van der Waals surface area contributed by atoms with Crippen LogP contribution in [0.1, 0.15) is 45.0 Å². The summed E-state index contributed by atoms with van der Waals surface area (Å²) >= 11 is 0. The van der Waals surface area contributed by atoms with Gasteiger partial charge in [0.15, 0.2) is 0 Å². The highest BCUT2D eigenvalue weighted by Crippen LogP contribution is 2.35. The average molecular weight is 296 g/mol. The van der Waals surface area contributed by atoms with Crippen LogP contribution >= 0.6 is 0 Å². The van der Waals surface area contributed by atoms with Crippen molar-refractivity contribution in [1.29, 1.82) is 0 Å². The van der Waals surface area contributed by atoms with Crippen LogP contribution in [0, 0.1) is 0 Å². The topological polar surface area (TPSA) is 54.0 Å². The van der Waals surface area contributed by atoms with Crippen molar-refractivity contribution in [3.63, 3.8) is 0 Å². The average Bonchev–Trinajstić information content (AvgIpc) is 2.38. The van der Waals surface area contributed by atoms with Crippen LogP contribution in [-0.4, -0.2) is 31.9 Å². The van der Waals surface area contributed by atoms with Crippen LogP contribution in [0.5, 0.6) is 17.2 Å². The molecule has 0 unspecified atom stereocenters. The number of carbonyl (C=O) groups excluding carboxylic acids is 1. The van der Waals surface area contributed by atoms with Crippen LogP contribution in [0.4, 0.5) is 0 Å². The van der Waals surface area contributed by atoms with Crippen molar-refractivity contribution < 1.29 is 23.7 Å². The van der Waals surface area contributed by atoms with Gasteiger partial charge in [-0.15, -0.1) is 0 Å². The molecule has 0 amide bonds. The van der Waals surface area contributed by atoms with Crippen LogP contribution in [0.2, 0.25) is 0 Å². The zero-order chi connectivity index (χ0) is 15.8. The van der Waals surface area contributed by atoms with E-state index in [1.165, 1.54) is 0 Å². The molecular formula is C16H24O5. The van der Waals surface area contributed by atoms with Gasteiger partial charge in [0.2, 0.25) is 0 Å². The first kappa shape index (κ1) is 17.1. The predicted molar refractivity (Wildman–Crippen MR) is 80.5 cm³/mol. The fourth-order valence-corrected chi connectivity index (χ4v) is 1.83. The summed E-state index contributed by atoms with van der Waals surface area (Å²) in [6.45, 7) is 10.6. The van der Waals surface area contributed by atoms with Crippen molar-refractivity contribution in [2.75, 3.05) is 19.8 Å². The van der Waals surface area contributed by atoms with E-state index in [1.807, 2.05) is 20.8 Å². The minimum atomic E-state index is -0.458. The summed E-state index contributed by atoms with van der Waals surface area (Å²) in [5.41, 5.74) is 0.302. The maximum Gasteiger partial charge on any atom is 0.346 e. The highest BCUT2D eigenvalue weighted by atomic mass is 16.5. The van der Waals surface area contributed by atoms with Crippen molar-refractivity contribution in [1.82, 2.24) is 0 Å². The SMILES string of the molecule is CCOc1cc(OCC)c(C(=O)OC(C)C)c(OCC)c1. The molecule has 0 aliphatic heterocycles. The molecule has 0 saturated carbocycles. The Morgan fingerprint density at radius 3 is 1.81 bits per heavy atom. The Hall–Kier alpha value is -1.91. The summed E-state index contributed by atoms with van der Waals surface area (Å²) in [5.74, 6) is 0.973. The van der Waals surface area contributed by atoms with Gasteiger partial charge in [-0.05, 0) is 34.6 Å². The van der Waals surface area contributed by atoms with Crippen molar-refractivity contribution in [3.05, 3.63) is 17.7 Å². The van der Waals surface area contributed by atoms with E-state index in [0.29, 0.717) is 42.6 Å². The van der Waals surface area contributed by atoms with Crippen LogP contribution in [0.15, 0.2) is 12.1 Å². The standard InChI is InChI=1S/C16H24O5/c1-6-18-12-9-13(19-7-2)15(14(10-12)20-8-3)16(17)21-11(4)5/h9-11H,6-8H2,1-5H3. The Kier molecular flexibility index (Phi) is 6.85. The van der Waals surface area contributed by atoms with Gasteiger partial charge < -0.3 is 18.9 Å². The molecule has 0 fully saturated rings. The van der Waals surface area contributed by atoms with Crippen molar-refractivity contribution in [2.24, 2.45) is 0 Å². The van der Waals surface area contributed by atoms with Crippen LogP contribution in [-0.2, 0) is 4.74 Å². The number of esters is 1. The maximum absolute atomic E-state index is 12.3. The summed E-state index contributed by atoms with van der Waals surface area (Å²) in [6.07, 6.45) is -0.215. The number of hydrogen-bond acceptors (Lipinski definition) is 5. The van der Waals surface area contributed by atoms with E-state index in [2.05, 4.69) is 0 Å². The van der Waals surface area contributed by atoms with E-state index < -0.39 is 5.97 Å². The fourth-order valence-electron chi connectivity index (χ4n) is 1.83. The van der Waals surface area contributed by atoms with E-state index in [9.17, 15) is 4.79 Å². The first-order valence-corrected chi connectivity index (χ1v) is 7.30. The quantitative estimate of drug-likeness (QED) is 0.688. The molecule has 118 valence electrons. The van der Waals surface area contributed by atoms with Crippen molar-refractivity contribution >= 4 is 5.97 Å². The van der Waals surface area contributed by atoms with Crippen LogP contribution in [0.25, 0.3) is 0 Å². The largest absolute Gasteiger partial charge is 0.494 e. The van der Waals surface area contributed by atoms with Crippen LogP contribution in [0.3, 0.4) is 0 Å². The van der Waals surface area contributed by atoms with E-state index in [-0.39, 0.29) is 6.10 Å². The second kappa shape index (κ2) is 8.39. The molecule has 0 bridgehead atoms. The number of carbonyl (C=O) groups is 1. The van der Waals surface area contributed by atoms with E-state index in [4.69, 9.17) is 18.9 Å². The molecule has 1 rings (SSSR count). The first-order valence-electron chi connectivity index (χ1n) is 7.30. The molecule has 0 aliphatic rings. The highest BCUT2D eigenvalue weighted by Gasteiger charge is 2.23.